The van der Waals surface area contributed by atoms with E-state index in [0.717, 1.165) is 0 Å². The zero-order chi connectivity index (χ0) is 14.0. The van der Waals surface area contributed by atoms with Gasteiger partial charge < -0.3 is 19.5 Å². The van der Waals surface area contributed by atoms with Crippen LogP contribution in [0.2, 0.25) is 6.32 Å². The zero-order valence-corrected chi connectivity index (χ0v) is 10.9. The van der Waals surface area contributed by atoms with Gasteiger partial charge in [-0.05, 0) is 12.2 Å². The standard InChI is InChI=1S/C11H20BNO5/c1-9(8-18-4-3-17-2)6-13(7-11(15)16)10(14)5-12/h9H,3-8H2,1-2H3,(H,15,16)/t9-/m1/s1. The van der Waals surface area contributed by atoms with Gasteiger partial charge in [0.15, 0.2) is 0 Å². The molecule has 0 aliphatic heterocycles. The van der Waals surface area contributed by atoms with Gasteiger partial charge in [-0.25, -0.2) is 0 Å². The van der Waals surface area contributed by atoms with E-state index in [2.05, 4.69) is 0 Å². The Kier molecular flexibility index (Phi) is 9.31. The van der Waals surface area contributed by atoms with E-state index in [1.165, 1.54) is 4.90 Å². The summed E-state index contributed by atoms with van der Waals surface area (Å²) in [6.07, 6.45) is -0.190. The van der Waals surface area contributed by atoms with Crippen LogP contribution in [0.1, 0.15) is 6.92 Å². The number of rotatable bonds is 10. The topological polar surface area (TPSA) is 76.1 Å². The van der Waals surface area contributed by atoms with Crippen LogP contribution in [0.4, 0.5) is 0 Å². The average Bonchev–Trinajstić information content (AvgIpc) is 2.32. The number of hydrogen-bond acceptors (Lipinski definition) is 4. The number of methoxy groups -OCH3 is 1. The summed E-state index contributed by atoms with van der Waals surface area (Å²) in [4.78, 5) is 23.3. The lowest BCUT2D eigenvalue weighted by atomic mass is 10.0. The van der Waals surface area contributed by atoms with Gasteiger partial charge in [0.05, 0.1) is 27.7 Å². The van der Waals surface area contributed by atoms with Crippen molar-refractivity contribution in [3.63, 3.8) is 0 Å². The lowest BCUT2D eigenvalue weighted by molar-refractivity contribution is -0.144. The van der Waals surface area contributed by atoms with Crippen molar-refractivity contribution >= 4 is 19.7 Å². The highest BCUT2D eigenvalue weighted by Gasteiger charge is 2.17. The van der Waals surface area contributed by atoms with E-state index in [0.29, 0.717) is 26.4 Å². The fourth-order valence-corrected chi connectivity index (χ4v) is 1.40. The molecule has 0 aliphatic rings. The number of nitrogens with zero attached hydrogens (tertiary/aromatic N) is 1. The third-order valence-corrected chi connectivity index (χ3v) is 2.22. The fraction of sp³-hybridized carbons (Fsp3) is 0.818. The quantitative estimate of drug-likeness (QED) is 0.432. The van der Waals surface area contributed by atoms with Crippen LogP contribution in [0.15, 0.2) is 0 Å². The molecule has 102 valence electrons. The van der Waals surface area contributed by atoms with Crippen LogP contribution in [0.5, 0.6) is 0 Å². The monoisotopic (exact) mass is 257 g/mol. The molecule has 0 unspecified atom stereocenters. The SMILES string of the molecule is [B]CC(=O)N(CC(=O)O)C[C@@H](C)COCCOC. The summed E-state index contributed by atoms with van der Waals surface area (Å²) in [5, 5.41) is 8.70. The van der Waals surface area contributed by atoms with E-state index in [1.54, 1.807) is 7.11 Å². The van der Waals surface area contributed by atoms with Crippen LogP contribution in [0, 0.1) is 5.92 Å². The number of aliphatic carboxylic acids is 1. The number of carboxylic acids is 1. The van der Waals surface area contributed by atoms with Crippen molar-refractivity contribution in [2.45, 2.75) is 13.2 Å². The highest BCUT2D eigenvalue weighted by atomic mass is 16.5. The Balaban J connectivity index is 4.05. The third-order valence-electron chi connectivity index (χ3n) is 2.22. The molecule has 0 spiro atoms. The van der Waals surface area contributed by atoms with Crippen molar-refractivity contribution in [2.24, 2.45) is 5.92 Å². The van der Waals surface area contributed by atoms with Crippen LogP contribution in [0.25, 0.3) is 0 Å². The number of carbonyl (C=O) groups is 2. The normalized spacial score (nSPS) is 12.1. The maximum atomic E-state index is 11.4. The van der Waals surface area contributed by atoms with Crippen molar-refractivity contribution in [2.75, 3.05) is 40.0 Å². The van der Waals surface area contributed by atoms with Gasteiger partial charge in [0.1, 0.15) is 6.54 Å². The predicted octanol–water partition coefficient (Wildman–Crippen LogP) is -0.214. The van der Waals surface area contributed by atoms with Crippen molar-refractivity contribution in [3.05, 3.63) is 0 Å². The summed E-state index contributed by atoms with van der Waals surface area (Å²) in [5.74, 6) is -1.39. The number of ether oxygens (including phenoxy) is 2. The molecule has 0 fully saturated rings. The Morgan fingerprint density at radius 3 is 2.56 bits per heavy atom. The molecule has 0 aromatic rings. The summed E-state index contributed by atoms with van der Waals surface area (Å²) in [6.45, 7) is 3.29. The molecule has 0 aliphatic carbocycles. The first kappa shape index (κ1) is 16.9. The van der Waals surface area contributed by atoms with Crippen LogP contribution >= 0.6 is 0 Å². The van der Waals surface area contributed by atoms with E-state index in [4.69, 9.17) is 22.4 Å². The molecule has 0 aromatic carbocycles. The lowest BCUT2D eigenvalue weighted by Crippen LogP contribution is -2.39. The van der Waals surface area contributed by atoms with Gasteiger partial charge >= 0.3 is 5.97 Å². The van der Waals surface area contributed by atoms with E-state index in [9.17, 15) is 9.59 Å². The molecule has 7 heteroatoms. The molecular weight excluding hydrogens is 237 g/mol. The molecule has 1 atom stereocenters. The first-order valence-electron chi connectivity index (χ1n) is 5.77. The smallest absolute Gasteiger partial charge is 0.323 e. The molecule has 0 aromatic heterocycles. The summed E-state index contributed by atoms with van der Waals surface area (Å²) >= 11 is 0. The van der Waals surface area contributed by atoms with Gasteiger partial charge in [-0.15, -0.1) is 0 Å². The molecule has 0 saturated heterocycles. The van der Waals surface area contributed by atoms with Crippen molar-refractivity contribution in [1.82, 2.24) is 4.90 Å². The maximum absolute atomic E-state index is 11.4. The molecule has 0 heterocycles. The second-order valence-corrected chi connectivity index (χ2v) is 4.05. The van der Waals surface area contributed by atoms with Gasteiger partial charge in [0, 0.05) is 13.7 Å². The molecule has 0 saturated carbocycles. The van der Waals surface area contributed by atoms with E-state index in [1.807, 2.05) is 6.92 Å². The predicted molar refractivity (Wildman–Crippen MR) is 66.6 cm³/mol. The molecule has 0 bridgehead atoms. The second-order valence-electron chi connectivity index (χ2n) is 4.05. The average molecular weight is 257 g/mol. The Morgan fingerprint density at radius 2 is 2.06 bits per heavy atom. The molecular formula is C11H20BNO5. The van der Waals surface area contributed by atoms with Crippen LogP contribution < -0.4 is 0 Å². The van der Waals surface area contributed by atoms with E-state index >= 15 is 0 Å². The highest BCUT2D eigenvalue weighted by molar-refractivity contribution is 6.19. The van der Waals surface area contributed by atoms with Crippen LogP contribution in [-0.4, -0.2) is 69.7 Å². The Labute approximate surface area is 109 Å². The van der Waals surface area contributed by atoms with Gasteiger partial charge in [-0.3, -0.25) is 9.59 Å². The molecule has 1 N–H and O–H groups in total. The van der Waals surface area contributed by atoms with E-state index < -0.39 is 5.97 Å². The van der Waals surface area contributed by atoms with Crippen molar-refractivity contribution in [3.8, 4) is 0 Å². The Bertz CT molecular complexity index is 262. The largest absolute Gasteiger partial charge is 0.480 e. The van der Waals surface area contributed by atoms with Crippen molar-refractivity contribution in [1.29, 1.82) is 0 Å². The summed E-state index contributed by atoms with van der Waals surface area (Å²) in [6, 6.07) is 0. The highest BCUT2D eigenvalue weighted by Crippen LogP contribution is 2.03. The number of hydrogen-bond donors (Lipinski definition) is 1. The molecule has 0 rings (SSSR count). The summed E-state index contributed by atoms with van der Waals surface area (Å²) < 4.78 is 10.1. The first-order valence-corrected chi connectivity index (χ1v) is 5.77. The van der Waals surface area contributed by atoms with Crippen LogP contribution in [-0.2, 0) is 19.1 Å². The summed E-state index contributed by atoms with van der Waals surface area (Å²) in [7, 11) is 6.82. The Hall–Kier alpha value is -1.08. The number of amides is 1. The van der Waals surface area contributed by atoms with Gasteiger partial charge in [-0.2, -0.15) is 0 Å². The summed E-state index contributed by atoms with van der Waals surface area (Å²) in [5.41, 5.74) is 0. The third kappa shape index (κ3) is 8.08. The molecule has 6 nitrogen and oxygen atoms in total. The fourth-order valence-electron chi connectivity index (χ4n) is 1.40. The van der Waals surface area contributed by atoms with Gasteiger partial charge in [0.2, 0.25) is 5.91 Å². The van der Waals surface area contributed by atoms with E-state index in [-0.39, 0.29) is 24.7 Å². The molecule has 2 radical (unpaired) electrons. The zero-order valence-electron chi connectivity index (χ0n) is 10.9. The minimum Gasteiger partial charge on any atom is -0.480 e. The number of carbonyl (C=O) groups excluding carboxylic acids is 1. The lowest BCUT2D eigenvalue weighted by Gasteiger charge is -2.24. The molecule has 1 amide bonds. The van der Waals surface area contributed by atoms with Crippen LogP contribution in [0.3, 0.4) is 0 Å². The van der Waals surface area contributed by atoms with Crippen molar-refractivity contribution < 1.29 is 24.2 Å². The van der Waals surface area contributed by atoms with Gasteiger partial charge in [0.25, 0.3) is 0 Å². The number of carboxylic acid groups (broad SMARTS) is 1. The maximum Gasteiger partial charge on any atom is 0.323 e. The first-order chi connectivity index (χ1) is 8.51. The van der Waals surface area contributed by atoms with Gasteiger partial charge in [-0.1, -0.05) is 6.92 Å². The molecule has 18 heavy (non-hydrogen) atoms. The Morgan fingerprint density at radius 1 is 1.39 bits per heavy atom. The minimum absolute atomic E-state index is 0.0386. The minimum atomic E-state index is -1.05. The second kappa shape index (κ2) is 9.90.